The van der Waals surface area contributed by atoms with Crippen molar-refractivity contribution in [3.63, 3.8) is 0 Å². The topological polar surface area (TPSA) is 46.2 Å². The van der Waals surface area contributed by atoms with Gasteiger partial charge in [0.25, 0.3) is 5.92 Å². The zero-order valence-corrected chi connectivity index (χ0v) is 6.43. The molecule has 0 aromatic rings. The molecular weight excluding hydrogens is 152 g/mol. The van der Waals surface area contributed by atoms with Crippen LogP contribution in [0.1, 0.15) is 19.8 Å². The quantitative estimate of drug-likeness (QED) is 0.602. The standard InChI is InChI=1S/C7H13F2NO/c1-4(10)5-2-7(8,9)3-6(5)11/h4-6,11H,2-3,10H2,1H3. The van der Waals surface area contributed by atoms with Crippen molar-refractivity contribution in [1.29, 1.82) is 0 Å². The Bertz CT molecular complexity index is 149. The first-order valence-corrected chi connectivity index (χ1v) is 3.74. The molecule has 11 heavy (non-hydrogen) atoms. The van der Waals surface area contributed by atoms with E-state index in [2.05, 4.69) is 0 Å². The van der Waals surface area contributed by atoms with E-state index >= 15 is 0 Å². The molecule has 0 saturated heterocycles. The number of hydrogen-bond donors (Lipinski definition) is 2. The summed E-state index contributed by atoms with van der Waals surface area (Å²) in [6.07, 6.45) is -1.63. The number of aliphatic hydroxyl groups is 1. The first kappa shape index (κ1) is 8.87. The van der Waals surface area contributed by atoms with Gasteiger partial charge in [-0.25, -0.2) is 8.78 Å². The highest BCUT2D eigenvalue weighted by molar-refractivity contribution is 4.91. The molecule has 1 fully saturated rings. The Hall–Kier alpha value is -0.220. The molecule has 0 bridgehead atoms. The van der Waals surface area contributed by atoms with Crippen LogP contribution in [-0.2, 0) is 0 Å². The minimum absolute atomic E-state index is 0.272. The Morgan fingerprint density at radius 1 is 1.55 bits per heavy atom. The van der Waals surface area contributed by atoms with Gasteiger partial charge in [0.1, 0.15) is 0 Å². The summed E-state index contributed by atoms with van der Waals surface area (Å²) in [4.78, 5) is 0. The Morgan fingerprint density at radius 3 is 2.27 bits per heavy atom. The fraction of sp³-hybridized carbons (Fsp3) is 1.00. The number of hydrogen-bond acceptors (Lipinski definition) is 2. The van der Waals surface area contributed by atoms with E-state index in [0.29, 0.717) is 0 Å². The van der Waals surface area contributed by atoms with Crippen LogP contribution in [-0.4, -0.2) is 23.2 Å². The minimum Gasteiger partial charge on any atom is -0.393 e. The lowest BCUT2D eigenvalue weighted by atomic mass is 9.98. The lowest BCUT2D eigenvalue weighted by molar-refractivity contribution is -0.00398. The van der Waals surface area contributed by atoms with Crippen molar-refractivity contribution in [3.8, 4) is 0 Å². The molecule has 4 heteroatoms. The van der Waals surface area contributed by atoms with Gasteiger partial charge in [-0.05, 0) is 6.92 Å². The highest BCUT2D eigenvalue weighted by Gasteiger charge is 2.46. The van der Waals surface area contributed by atoms with Gasteiger partial charge in [-0.1, -0.05) is 0 Å². The van der Waals surface area contributed by atoms with Crippen LogP contribution in [0.5, 0.6) is 0 Å². The summed E-state index contributed by atoms with van der Waals surface area (Å²) >= 11 is 0. The van der Waals surface area contributed by atoms with Gasteiger partial charge < -0.3 is 10.8 Å². The predicted molar refractivity (Wildman–Crippen MR) is 37.3 cm³/mol. The Labute approximate surface area is 64.4 Å². The summed E-state index contributed by atoms with van der Waals surface area (Å²) in [6, 6.07) is -0.349. The molecule has 0 aromatic carbocycles. The van der Waals surface area contributed by atoms with Crippen molar-refractivity contribution in [2.24, 2.45) is 11.7 Å². The average Bonchev–Trinajstić information content (AvgIpc) is 2.05. The zero-order chi connectivity index (χ0) is 8.65. The van der Waals surface area contributed by atoms with Crippen molar-refractivity contribution in [1.82, 2.24) is 0 Å². The number of alkyl halides is 2. The molecule has 0 aliphatic heterocycles. The zero-order valence-electron chi connectivity index (χ0n) is 6.43. The van der Waals surface area contributed by atoms with Crippen LogP contribution in [0.4, 0.5) is 8.78 Å². The van der Waals surface area contributed by atoms with Crippen molar-refractivity contribution < 1.29 is 13.9 Å². The number of nitrogens with two attached hydrogens (primary N) is 1. The number of aliphatic hydroxyl groups excluding tert-OH is 1. The first-order chi connectivity index (χ1) is 4.92. The summed E-state index contributed by atoms with van der Waals surface area (Å²) in [6.45, 7) is 1.65. The molecule has 1 saturated carbocycles. The van der Waals surface area contributed by atoms with E-state index < -0.39 is 24.4 Å². The predicted octanol–water partition coefficient (Wildman–Crippen LogP) is 0.740. The van der Waals surface area contributed by atoms with Gasteiger partial charge >= 0.3 is 0 Å². The van der Waals surface area contributed by atoms with E-state index in [1.807, 2.05) is 0 Å². The van der Waals surface area contributed by atoms with Gasteiger partial charge in [0, 0.05) is 24.8 Å². The summed E-state index contributed by atoms with van der Waals surface area (Å²) < 4.78 is 25.2. The van der Waals surface area contributed by atoms with E-state index in [1.54, 1.807) is 6.92 Å². The molecule has 3 unspecified atom stereocenters. The van der Waals surface area contributed by atoms with Crippen LogP contribution in [0, 0.1) is 5.92 Å². The van der Waals surface area contributed by atoms with Crippen molar-refractivity contribution >= 4 is 0 Å². The molecular formula is C7H13F2NO. The molecule has 0 radical (unpaired) electrons. The summed E-state index contributed by atoms with van der Waals surface area (Å²) in [5.41, 5.74) is 5.42. The fourth-order valence-electron chi connectivity index (χ4n) is 1.56. The Morgan fingerprint density at radius 2 is 2.09 bits per heavy atom. The lowest BCUT2D eigenvalue weighted by Gasteiger charge is -2.16. The molecule has 66 valence electrons. The maximum Gasteiger partial charge on any atom is 0.251 e. The van der Waals surface area contributed by atoms with Gasteiger partial charge in [0.05, 0.1) is 6.10 Å². The fourth-order valence-corrected chi connectivity index (χ4v) is 1.56. The molecule has 1 aliphatic carbocycles. The number of rotatable bonds is 1. The molecule has 3 atom stereocenters. The summed E-state index contributed by atoms with van der Waals surface area (Å²) in [5, 5.41) is 9.13. The van der Waals surface area contributed by atoms with Crippen LogP contribution < -0.4 is 5.73 Å². The molecule has 3 N–H and O–H groups in total. The summed E-state index contributed by atoms with van der Waals surface area (Å²) in [7, 11) is 0. The lowest BCUT2D eigenvalue weighted by Crippen LogP contribution is -2.31. The highest BCUT2D eigenvalue weighted by atomic mass is 19.3. The number of halogens is 2. The Balaban J connectivity index is 2.59. The second-order valence-electron chi connectivity index (χ2n) is 3.35. The van der Waals surface area contributed by atoms with Gasteiger partial charge in [0.15, 0.2) is 0 Å². The van der Waals surface area contributed by atoms with Crippen LogP contribution in [0.25, 0.3) is 0 Å². The van der Waals surface area contributed by atoms with Gasteiger partial charge in [-0.3, -0.25) is 0 Å². The average molecular weight is 165 g/mol. The molecule has 2 nitrogen and oxygen atoms in total. The molecule has 1 aliphatic rings. The first-order valence-electron chi connectivity index (χ1n) is 3.74. The third-order valence-electron chi connectivity index (χ3n) is 2.21. The minimum atomic E-state index is -2.71. The van der Waals surface area contributed by atoms with Crippen LogP contribution >= 0.6 is 0 Å². The van der Waals surface area contributed by atoms with Gasteiger partial charge in [-0.15, -0.1) is 0 Å². The third-order valence-corrected chi connectivity index (χ3v) is 2.21. The maximum atomic E-state index is 12.6. The maximum absolute atomic E-state index is 12.6. The molecule has 0 aromatic heterocycles. The van der Waals surface area contributed by atoms with Crippen LogP contribution in [0.3, 0.4) is 0 Å². The van der Waals surface area contributed by atoms with E-state index in [-0.39, 0.29) is 12.5 Å². The van der Waals surface area contributed by atoms with Crippen LogP contribution in [0.15, 0.2) is 0 Å². The second-order valence-corrected chi connectivity index (χ2v) is 3.35. The largest absolute Gasteiger partial charge is 0.393 e. The molecule has 0 heterocycles. The smallest absolute Gasteiger partial charge is 0.251 e. The molecule has 0 spiro atoms. The van der Waals surface area contributed by atoms with Crippen molar-refractivity contribution in [2.45, 2.75) is 37.8 Å². The second kappa shape index (κ2) is 2.68. The van der Waals surface area contributed by atoms with E-state index in [9.17, 15) is 8.78 Å². The summed E-state index contributed by atoms with van der Waals surface area (Å²) in [5.74, 6) is -3.15. The third kappa shape index (κ3) is 1.87. The SMILES string of the molecule is CC(N)C1CC(F)(F)CC1O. The van der Waals surface area contributed by atoms with Crippen molar-refractivity contribution in [2.75, 3.05) is 0 Å². The van der Waals surface area contributed by atoms with E-state index in [0.717, 1.165) is 0 Å². The van der Waals surface area contributed by atoms with E-state index in [4.69, 9.17) is 10.8 Å². The van der Waals surface area contributed by atoms with E-state index in [1.165, 1.54) is 0 Å². The monoisotopic (exact) mass is 165 g/mol. The van der Waals surface area contributed by atoms with Gasteiger partial charge in [-0.2, -0.15) is 0 Å². The molecule has 1 rings (SSSR count). The van der Waals surface area contributed by atoms with Crippen LogP contribution in [0.2, 0.25) is 0 Å². The van der Waals surface area contributed by atoms with Gasteiger partial charge in [0.2, 0.25) is 0 Å². The Kier molecular flexibility index (Phi) is 2.16. The highest BCUT2D eigenvalue weighted by Crippen LogP contribution is 2.39. The van der Waals surface area contributed by atoms with Crippen molar-refractivity contribution in [3.05, 3.63) is 0 Å². The molecule has 0 amide bonds. The normalized spacial score (nSPS) is 39.0.